The Hall–Kier alpha value is -2.89. The first-order valence-corrected chi connectivity index (χ1v) is 7.37. The van der Waals surface area contributed by atoms with Crippen molar-refractivity contribution in [2.75, 3.05) is 11.9 Å². The Balaban J connectivity index is 1.37. The summed E-state index contributed by atoms with van der Waals surface area (Å²) in [5, 5.41) is 12.9. The second kappa shape index (κ2) is 5.48. The molecule has 6 heteroatoms. The van der Waals surface area contributed by atoms with Crippen LogP contribution in [-0.2, 0) is 6.42 Å². The molecule has 0 amide bonds. The Labute approximate surface area is 127 Å². The smallest absolute Gasteiger partial charge is 0.160 e. The summed E-state index contributed by atoms with van der Waals surface area (Å²) in [5.41, 5.74) is 1.80. The highest BCUT2D eigenvalue weighted by atomic mass is 15.2. The predicted octanol–water partition coefficient (Wildman–Crippen LogP) is 2.65. The Morgan fingerprint density at radius 3 is 3.09 bits per heavy atom. The lowest BCUT2D eigenvalue weighted by atomic mass is 10.3. The predicted molar refractivity (Wildman–Crippen MR) is 85.9 cm³/mol. The fourth-order valence-electron chi connectivity index (χ4n) is 2.55. The van der Waals surface area contributed by atoms with Crippen LogP contribution in [0.25, 0.3) is 16.7 Å². The number of H-pyrrole nitrogens is 1. The van der Waals surface area contributed by atoms with Crippen molar-refractivity contribution in [3.63, 3.8) is 0 Å². The number of aromatic nitrogens is 5. The van der Waals surface area contributed by atoms with Gasteiger partial charge in [0.15, 0.2) is 5.65 Å². The third kappa shape index (κ3) is 2.39. The van der Waals surface area contributed by atoms with Gasteiger partial charge in [-0.05, 0) is 36.8 Å². The number of hydrogen-bond acceptors (Lipinski definition) is 4. The zero-order valence-corrected chi connectivity index (χ0v) is 12.0. The van der Waals surface area contributed by atoms with E-state index in [9.17, 15) is 0 Å². The summed E-state index contributed by atoms with van der Waals surface area (Å²) >= 11 is 0. The van der Waals surface area contributed by atoms with E-state index in [1.165, 1.54) is 0 Å². The Kier molecular flexibility index (Phi) is 3.19. The average molecular weight is 292 g/mol. The summed E-state index contributed by atoms with van der Waals surface area (Å²) in [7, 11) is 0. The van der Waals surface area contributed by atoms with Gasteiger partial charge in [-0.15, -0.1) is 10.2 Å². The molecule has 0 aliphatic carbocycles. The summed E-state index contributed by atoms with van der Waals surface area (Å²) in [6.45, 7) is 0.848. The molecule has 4 aromatic rings. The van der Waals surface area contributed by atoms with Crippen LogP contribution in [0.1, 0.15) is 12.2 Å². The number of rotatable bonds is 5. The number of aryl methyl sites for hydroxylation is 1. The maximum Gasteiger partial charge on any atom is 0.160 e. The number of nitrogens with zero attached hydrogens (tertiary/aromatic N) is 4. The van der Waals surface area contributed by atoms with Crippen LogP contribution in [-0.4, -0.2) is 31.1 Å². The number of anilines is 1. The van der Waals surface area contributed by atoms with E-state index in [1.54, 1.807) is 0 Å². The van der Waals surface area contributed by atoms with E-state index in [0.717, 1.165) is 47.7 Å². The molecule has 110 valence electrons. The second-order valence-corrected chi connectivity index (χ2v) is 5.19. The van der Waals surface area contributed by atoms with Gasteiger partial charge in [0, 0.05) is 30.7 Å². The molecule has 22 heavy (non-hydrogen) atoms. The molecule has 0 unspecified atom stereocenters. The molecular formula is C16H16N6. The van der Waals surface area contributed by atoms with Crippen LogP contribution in [0, 0.1) is 0 Å². The highest BCUT2D eigenvalue weighted by molar-refractivity contribution is 5.77. The topological polar surface area (TPSA) is 70.9 Å². The van der Waals surface area contributed by atoms with E-state index in [-0.39, 0.29) is 0 Å². The minimum Gasteiger partial charge on any atom is -0.370 e. The van der Waals surface area contributed by atoms with Gasteiger partial charge in [-0.3, -0.25) is 4.40 Å². The van der Waals surface area contributed by atoms with Crippen molar-refractivity contribution in [1.29, 1.82) is 0 Å². The van der Waals surface area contributed by atoms with Crippen molar-refractivity contribution in [2.45, 2.75) is 12.8 Å². The summed E-state index contributed by atoms with van der Waals surface area (Å²) in [5.74, 6) is 1.88. The van der Waals surface area contributed by atoms with Gasteiger partial charge in [0.25, 0.3) is 0 Å². The molecule has 0 saturated carbocycles. The standard InChI is InChI=1S/C16H16N6/c1-2-11-22-14(4-1)20-21-15(22)5-3-9-17-13-7-6-12-8-10-18-16(12)19-13/h1-2,4,6-8,10-11H,3,5,9H2,(H2,17,18,19). The zero-order valence-electron chi connectivity index (χ0n) is 12.0. The largest absolute Gasteiger partial charge is 0.370 e. The molecule has 0 fully saturated rings. The van der Waals surface area contributed by atoms with E-state index >= 15 is 0 Å². The van der Waals surface area contributed by atoms with Crippen molar-refractivity contribution >= 4 is 22.5 Å². The van der Waals surface area contributed by atoms with Crippen LogP contribution in [0.2, 0.25) is 0 Å². The number of pyridine rings is 2. The third-order valence-corrected chi connectivity index (χ3v) is 3.68. The Morgan fingerprint density at radius 1 is 1.09 bits per heavy atom. The van der Waals surface area contributed by atoms with E-state index in [0.29, 0.717) is 0 Å². The minimum absolute atomic E-state index is 0.848. The molecular weight excluding hydrogens is 276 g/mol. The molecule has 4 rings (SSSR count). The normalized spacial score (nSPS) is 11.3. The van der Waals surface area contributed by atoms with Crippen molar-refractivity contribution in [3.05, 3.63) is 54.6 Å². The molecule has 0 radical (unpaired) electrons. The molecule has 0 atom stereocenters. The van der Waals surface area contributed by atoms with Crippen molar-refractivity contribution in [1.82, 2.24) is 24.6 Å². The molecule has 2 N–H and O–H groups in total. The highest BCUT2D eigenvalue weighted by Crippen LogP contribution is 2.13. The molecule has 0 saturated heterocycles. The van der Waals surface area contributed by atoms with Gasteiger partial charge in [-0.1, -0.05) is 6.07 Å². The molecule has 0 aliphatic rings. The first kappa shape index (κ1) is 12.8. The molecule has 0 aromatic carbocycles. The molecule has 0 bridgehead atoms. The summed E-state index contributed by atoms with van der Waals surface area (Å²) in [6.07, 6.45) is 5.75. The summed E-state index contributed by atoms with van der Waals surface area (Å²) in [6, 6.07) is 12.0. The molecule has 0 spiro atoms. The van der Waals surface area contributed by atoms with E-state index in [2.05, 4.69) is 31.5 Å². The fraction of sp³-hybridized carbons (Fsp3) is 0.188. The van der Waals surface area contributed by atoms with Crippen LogP contribution in [0.15, 0.2) is 48.8 Å². The van der Waals surface area contributed by atoms with Gasteiger partial charge in [0.05, 0.1) is 0 Å². The van der Waals surface area contributed by atoms with Crippen LogP contribution in [0.4, 0.5) is 5.82 Å². The van der Waals surface area contributed by atoms with Gasteiger partial charge in [0.2, 0.25) is 0 Å². The summed E-state index contributed by atoms with van der Waals surface area (Å²) < 4.78 is 2.03. The monoisotopic (exact) mass is 292 g/mol. The Bertz CT molecular complexity index is 907. The van der Waals surface area contributed by atoms with Gasteiger partial charge >= 0.3 is 0 Å². The van der Waals surface area contributed by atoms with Crippen molar-refractivity contribution < 1.29 is 0 Å². The van der Waals surface area contributed by atoms with Gasteiger partial charge in [0.1, 0.15) is 17.3 Å². The van der Waals surface area contributed by atoms with Gasteiger partial charge < -0.3 is 10.3 Å². The first-order chi connectivity index (χ1) is 10.9. The van der Waals surface area contributed by atoms with E-state index < -0.39 is 0 Å². The highest BCUT2D eigenvalue weighted by Gasteiger charge is 2.04. The lowest BCUT2D eigenvalue weighted by Crippen LogP contribution is -2.06. The first-order valence-electron chi connectivity index (χ1n) is 7.37. The van der Waals surface area contributed by atoms with Crippen LogP contribution < -0.4 is 5.32 Å². The maximum absolute atomic E-state index is 4.52. The number of fused-ring (bicyclic) bond motifs is 2. The lowest BCUT2D eigenvalue weighted by Gasteiger charge is -2.05. The number of nitrogens with one attached hydrogen (secondary N) is 2. The van der Waals surface area contributed by atoms with Crippen LogP contribution in [0.3, 0.4) is 0 Å². The third-order valence-electron chi connectivity index (χ3n) is 3.68. The minimum atomic E-state index is 0.848. The van der Waals surface area contributed by atoms with Gasteiger partial charge in [-0.2, -0.15) is 0 Å². The SMILES string of the molecule is c1ccn2c(CCCNc3ccc4cc[nH]c4n3)nnc2c1. The summed E-state index contributed by atoms with van der Waals surface area (Å²) in [4.78, 5) is 7.64. The molecule has 4 heterocycles. The van der Waals surface area contributed by atoms with Crippen LogP contribution in [0.5, 0.6) is 0 Å². The fourth-order valence-corrected chi connectivity index (χ4v) is 2.55. The molecule has 0 aliphatic heterocycles. The molecule has 4 aromatic heterocycles. The quantitative estimate of drug-likeness (QED) is 0.555. The number of aromatic amines is 1. The maximum atomic E-state index is 4.52. The average Bonchev–Trinajstić information content (AvgIpc) is 3.18. The van der Waals surface area contributed by atoms with E-state index in [1.807, 2.05) is 47.1 Å². The lowest BCUT2D eigenvalue weighted by molar-refractivity contribution is 0.787. The van der Waals surface area contributed by atoms with Crippen molar-refractivity contribution in [2.24, 2.45) is 0 Å². The number of hydrogen-bond donors (Lipinski definition) is 2. The Morgan fingerprint density at radius 2 is 2.09 bits per heavy atom. The molecule has 6 nitrogen and oxygen atoms in total. The van der Waals surface area contributed by atoms with Crippen LogP contribution >= 0.6 is 0 Å². The van der Waals surface area contributed by atoms with Crippen molar-refractivity contribution in [3.8, 4) is 0 Å². The van der Waals surface area contributed by atoms with Gasteiger partial charge in [-0.25, -0.2) is 4.98 Å². The van der Waals surface area contributed by atoms with E-state index in [4.69, 9.17) is 0 Å². The zero-order chi connectivity index (χ0) is 14.8. The second-order valence-electron chi connectivity index (χ2n) is 5.19.